The quantitative estimate of drug-likeness (QED) is 0.218. The molecular weight excluding hydrogens is 429 g/mol. The summed E-state index contributed by atoms with van der Waals surface area (Å²) in [5.74, 6) is -1.69. The van der Waals surface area contributed by atoms with E-state index in [1.807, 2.05) is 6.07 Å². The van der Waals surface area contributed by atoms with E-state index in [0.29, 0.717) is 11.3 Å². The number of aliphatic hydroxyl groups is 1. The van der Waals surface area contributed by atoms with Crippen LogP contribution in [0.25, 0.3) is 5.65 Å². The molecule has 0 aromatic carbocycles. The van der Waals surface area contributed by atoms with Crippen molar-refractivity contribution in [1.29, 1.82) is 0 Å². The van der Waals surface area contributed by atoms with E-state index in [0.717, 1.165) is 0 Å². The standard InChI is InChI=1S/C9H11N2O4P.Na.HO3P.6H2O.H/c12-9(16(13,14)15)5-7-6-10-8-3-1-2-4-11(7)8;;1-4(2)3;;;;;;;/h1-4,6,9,12H,5H2,(H2,13,14,15);;(H-,1,2,3);6*1H2;/q;+1;;;;;;;;-1/p+1. The van der Waals surface area contributed by atoms with Gasteiger partial charge in [-0.25, -0.2) is 4.98 Å². The first kappa shape index (κ1) is 45.4. The van der Waals surface area contributed by atoms with Crippen molar-refractivity contribution < 1.29 is 97.7 Å². The summed E-state index contributed by atoms with van der Waals surface area (Å²) in [4.78, 5) is 35.9. The SMILES string of the molecule is O.O.O.O.O.O.O=P(O)(O)C(O)Cc1cnc2ccccn12.O=[P+](O)O.[H-].[Na+]. The second kappa shape index (κ2) is 20.3. The topological polar surface area (TPSA) is 342 Å². The van der Waals surface area contributed by atoms with Crippen LogP contribution in [-0.4, -0.2) is 72.8 Å². The molecule has 1 atom stereocenters. The second-order valence-electron chi connectivity index (χ2n) is 3.70. The van der Waals surface area contributed by atoms with Crippen LogP contribution in [0.5, 0.6) is 0 Å². The zero-order valence-electron chi connectivity index (χ0n) is 15.0. The molecule has 2 aromatic heterocycles. The Morgan fingerprint density at radius 2 is 1.56 bits per heavy atom. The van der Waals surface area contributed by atoms with Gasteiger partial charge in [-0.05, 0) is 12.1 Å². The first-order valence-electron chi connectivity index (χ1n) is 5.21. The molecule has 2 heterocycles. The van der Waals surface area contributed by atoms with E-state index in [1.54, 1.807) is 22.7 Å². The van der Waals surface area contributed by atoms with Gasteiger partial charge in [0.2, 0.25) is 0 Å². The van der Waals surface area contributed by atoms with Crippen LogP contribution in [0.4, 0.5) is 0 Å². The maximum atomic E-state index is 10.8. The zero-order chi connectivity index (χ0) is 15.3. The van der Waals surface area contributed by atoms with E-state index in [4.69, 9.17) is 24.1 Å². The molecule has 18 heteroatoms. The Labute approximate surface area is 177 Å². The fourth-order valence-electron chi connectivity index (χ4n) is 1.44. The minimum Gasteiger partial charge on any atom is -1.00 e. The molecule has 0 aliphatic carbocycles. The number of hydrogen-bond donors (Lipinski definition) is 5. The fourth-order valence-corrected chi connectivity index (χ4v) is 1.87. The molecule has 0 radical (unpaired) electrons. The predicted octanol–water partition coefficient (Wildman–Crippen LogP) is -7.83. The predicted molar refractivity (Wildman–Crippen MR) is 91.8 cm³/mol. The van der Waals surface area contributed by atoms with Gasteiger partial charge in [0.05, 0.1) is 0 Å². The minimum absolute atomic E-state index is 0. The van der Waals surface area contributed by atoms with Crippen molar-refractivity contribution in [2.45, 2.75) is 12.3 Å². The minimum atomic E-state index is -4.46. The number of pyridine rings is 1. The van der Waals surface area contributed by atoms with E-state index in [1.165, 1.54) is 6.20 Å². The molecule has 0 aliphatic rings. The summed E-state index contributed by atoms with van der Waals surface area (Å²) in [5.41, 5.74) is 1.24. The number of nitrogens with zero attached hydrogens (tertiary/aromatic N) is 2. The van der Waals surface area contributed by atoms with Crippen molar-refractivity contribution >= 4 is 21.5 Å². The fraction of sp³-hybridized carbons (Fsp3) is 0.222. The molecule has 0 spiro atoms. The number of aromatic nitrogens is 2. The first-order valence-corrected chi connectivity index (χ1v) is 8.05. The Hall–Kier alpha value is -0.420. The second-order valence-corrected chi connectivity index (χ2v) is 5.98. The molecule has 27 heavy (non-hydrogen) atoms. The Kier molecular flexibility index (Phi) is 34.1. The summed E-state index contributed by atoms with van der Waals surface area (Å²) >= 11 is 0. The third kappa shape index (κ3) is 16.3. The van der Waals surface area contributed by atoms with Gasteiger partial charge < -0.3 is 53.6 Å². The third-order valence-electron chi connectivity index (χ3n) is 2.27. The van der Waals surface area contributed by atoms with Gasteiger partial charge in [-0.2, -0.15) is 0 Å². The van der Waals surface area contributed by atoms with Crippen LogP contribution < -0.4 is 29.6 Å². The van der Waals surface area contributed by atoms with Gasteiger partial charge in [0.1, 0.15) is 5.65 Å². The van der Waals surface area contributed by atoms with Crippen LogP contribution in [0.2, 0.25) is 0 Å². The van der Waals surface area contributed by atoms with E-state index in [2.05, 4.69) is 4.98 Å². The summed E-state index contributed by atoms with van der Waals surface area (Å²) in [6.07, 6.45) is 3.09. The molecule has 15 nitrogen and oxygen atoms in total. The molecule has 0 saturated heterocycles. The van der Waals surface area contributed by atoms with Crippen molar-refractivity contribution in [3.63, 3.8) is 0 Å². The maximum Gasteiger partial charge on any atom is 1.00 e. The molecular formula is C9H26N2NaO13P2+. The van der Waals surface area contributed by atoms with Crippen molar-refractivity contribution in [3.05, 3.63) is 36.3 Å². The third-order valence-corrected chi connectivity index (χ3v) is 3.23. The molecule has 0 amide bonds. The number of imidazole rings is 1. The largest absolute Gasteiger partial charge is 1.00 e. The maximum absolute atomic E-state index is 10.8. The number of fused-ring (bicyclic) bond motifs is 1. The Morgan fingerprint density at radius 3 is 1.96 bits per heavy atom. The summed E-state index contributed by atoms with van der Waals surface area (Å²) in [6, 6.07) is 5.36. The summed E-state index contributed by atoms with van der Waals surface area (Å²) in [5, 5.41) is 9.31. The van der Waals surface area contributed by atoms with Crippen LogP contribution in [-0.2, 0) is 15.6 Å². The van der Waals surface area contributed by atoms with Gasteiger partial charge in [-0.1, -0.05) is 6.07 Å². The van der Waals surface area contributed by atoms with Gasteiger partial charge in [0.15, 0.2) is 5.85 Å². The van der Waals surface area contributed by atoms with E-state index >= 15 is 0 Å². The van der Waals surface area contributed by atoms with Gasteiger partial charge >= 0.3 is 45.4 Å². The average Bonchev–Trinajstić information content (AvgIpc) is 2.71. The molecule has 1 unspecified atom stereocenters. The molecule has 160 valence electrons. The summed E-state index contributed by atoms with van der Waals surface area (Å²) < 4.78 is 21.2. The van der Waals surface area contributed by atoms with Crippen LogP contribution in [0.15, 0.2) is 30.6 Å². The van der Waals surface area contributed by atoms with Gasteiger partial charge in [0.25, 0.3) is 0 Å². The van der Waals surface area contributed by atoms with Gasteiger partial charge in [-0.3, -0.25) is 4.57 Å². The average molecular weight is 455 g/mol. The van der Waals surface area contributed by atoms with E-state index in [9.17, 15) is 9.67 Å². The number of hydrogen-bond acceptors (Lipinski definition) is 4. The molecule has 0 fully saturated rings. The first-order chi connectivity index (χ1) is 9.21. The van der Waals surface area contributed by atoms with Crippen molar-refractivity contribution in [2.24, 2.45) is 0 Å². The van der Waals surface area contributed by atoms with Crippen molar-refractivity contribution in [1.82, 2.24) is 9.38 Å². The molecule has 0 saturated carbocycles. The Bertz CT molecular complexity index is 654. The van der Waals surface area contributed by atoms with Crippen LogP contribution >= 0.6 is 15.9 Å². The van der Waals surface area contributed by atoms with E-state index < -0.39 is 21.7 Å². The monoisotopic (exact) mass is 455 g/mol. The van der Waals surface area contributed by atoms with Crippen molar-refractivity contribution in [3.8, 4) is 0 Å². The normalized spacial score (nSPS) is 9.37. The number of aliphatic hydroxyl groups excluding tert-OH is 1. The molecule has 0 aliphatic heterocycles. The summed E-state index contributed by atoms with van der Waals surface area (Å²) in [6.45, 7) is 0. The smallest absolute Gasteiger partial charge is 1.00 e. The van der Waals surface area contributed by atoms with Gasteiger partial charge in [-0.15, -0.1) is 9.79 Å². The molecule has 2 aromatic rings. The zero-order valence-corrected chi connectivity index (χ0v) is 17.8. The molecule has 17 N–H and O–H groups in total. The molecule has 2 rings (SSSR count). The van der Waals surface area contributed by atoms with Gasteiger partial charge in [0, 0.05) is 29.1 Å². The van der Waals surface area contributed by atoms with Crippen LogP contribution in [0.3, 0.4) is 0 Å². The number of rotatable bonds is 3. The van der Waals surface area contributed by atoms with E-state index in [-0.39, 0.29) is 70.3 Å². The van der Waals surface area contributed by atoms with Crippen LogP contribution in [0.1, 0.15) is 7.12 Å². The molecule has 0 bridgehead atoms. The van der Waals surface area contributed by atoms with Crippen molar-refractivity contribution in [2.75, 3.05) is 0 Å². The Morgan fingerprint density at radius 1 is 1.11 bits per heavy atom. The Balaban J connectivity index is -0.0000000514. The van der Waals surface area contributed by atoms with Crippen LogP contribution in [0, 0.1) is 0 Å². The summed E-state index contributed by atoms with van der Waals surface area (Å²) in [7, 11) is -7.33.